The highest BCUT2D eigenvalue weighted by Crippen LogP contribution is 2.41. The molecule has 4 rings (SSSR count). The highest BCUT2D eigenvalue weighted by atomic mass is 19.4. The predicted octanol–water partition coefficient (Wildman–Crippen LogP) is 3.41. The molecule has 0 aromatic heterocycles. The van der Waals surface area contributed by atoms with Gasteiger partial charge in [-0.2, -0.15) is 18.4 Å². The van der Waals surface area contributed by atoms with Gasteiger partial charge in [-0.25, -0.2) is 0 Å². The fourth-order valence-corrected chi connectivity index (χ4v) is 5.30. The number of halogens is 3. The highest BCUT2D eigenvalue weighted by Gasteiger charge is 2.44. The molecule has 0 unspecified atom stereocenters. The van der Waals surface area contributed by atoms with Crippen molar-refractivity contribution in [3.05, 3.63) is 29.3 Å². The summed E-state index contributed by atoms with van der Waals surface area (Å²) in [5, 5.41) is 12.0. The Labute approximate surface area is 191 Å². The van der Waals surface area contributed by atoms with Crippen molar-refractivity contribution in [2.75, 3.05) is 37.6 Å². The Morgan fingerprint density at radius 1 is 1.15 bits per heavy atom. The summed E-state index contributed by atoms with van der Waals surface area (Å²) in [4.78, 5) is 29.0. The first kappa shape index (κ1) is 23.4. The van der Waals surface area contributed by atoms with Crippen molar-refractivity contribution in [1.82, 2.24) is 10.2 Å². The molecule has 0 radical (unpaired) electrons. The average Bonchev–Trinajstić information content (AvgIpc) is 3.55. The summed E-state index contributed by atoms with van der Waals surface area (Å²) in [6.07, 6.45) is -1.08. The average molecular weight is 463 g/mol. The van der Waals surface area contributed by atoms with Crippen molar-refractivity contribution < 1.29 is 22.8 Å². The van der Waals surface area contributed by atoms with Crippen molar-refractivity contribution in [3.8, 4) is 6.07 Å². The minimum Gasteiger partial charge on any atom is -0.370 e. The van der Waals surface area contributed by atoms with E-state index < -0.39 is 17.3 Å². The topological polar surface area (TPSA) is 76.4 Å². The van der Waals surface area contributed by atoms with Gasteiger partial charge in [0.2, 0.25) is 11.8 Å². The van der Waals surface area contributed by atoms with Crippen LogP contribution in [0.15, 0.2) is 18.2 Å². The van der Waals surface area contributed by atoms with Crippen molar-refractivity contribution in [3.63, 3.8) is 0 Å². The number of hydrogen-bond acceptors (Lipinski definition) is 4. The number of amides is 2. The minimum absolute atomic E-state index is 0.000271. The number of carbonyl (C=O) groups is 2. The molecule has 9 heteroatoms. The molecule has 2 aliphatic heterocycles. The number of nitrogens with zero attached hydrogens (tertiary/aromatic N) is 3. The van der Waals surface area contributed by atoms with Gasteiger partial charge in [-0.05, 0) is 62.6 Å². The summed E-state index contributed by atoms with van der Waals surface area (Å²) in [5.41, 5.74) is -0.984. The smallest absolute Gasteiger partial charge is 0.370 e. The lowest BCUT2D eigenvalue weighted by Crippen LogP contribution is -2.43. The van der Waals surface area contributed by atoms with Gasteiger partial charge in [0.1, 0.15) is 0 Å². The van der Waals surface area contributed by atoms with Gasteiger partial charge >= 0.3 is 6.18 Å². The van der Waals surface area contributed by atoms with Crippen LogP contribution in [-0.4, -0.2) is 49.4 Å². The van der Waals surface area contributed by atoms with Gasteiger partial charge in [0.05, 0.1) is 23.1 Å². The molecule has 2 amide bonds. The second-order valence-corrected chi connectivity index (χ2v) is 9.35. The number of alkyl halides is 3. The third-order valence-corrected chi connectivity index (χ3v) is 7.23. The van der Waals surface area contributed by atoms with E-state index in [0.717, 1.165) is 31.7 Å². The molecule has 0 spiro atoms. The van der Waals surface area contributed by atoms with E-state index in [1.165, 1.54) is 12.1 Å². The third-order valence-electron chi connectivity index (χ3n) is 7.23. The summed E-state index contributed by atoms with van der Waals surface area (Å²) in [6.45, 7) is 4.50. The molecular weight excluding hydrogens is 433 g/mol. The van der Waals surface area contributed by atoms with E-state index in [4.69, 9.17) is 5.26 Å². The fraction of sp³-hybridized carbons (Fsp3) is 0.625. The Kier molecular flexibility index (Phi) is 6.55. The molecule has 1 aliphatic carbocycles. The minimum atomic E-state index is -4.62. The van der Waals surface area contributed by atoms with Crippen LogP contribution in [0, 0.1) is 35.0 Å². The molecule has 1 aromatic carbocycles. The van der Waals surface area contributed by atoms with Crippen LogP contribution in [0.5, 0.6) is 0 Å². The third kappa shape index (κ3) is 4.94. The molecule has 3 fully saturated rings. The molecule has 33 heavy (non-hydrogen) atoms. The molecule has 0 bridgehead atoms. The number of likely N-dealkylation sites (tertiary alicyclic amines) is 1. The second-order valence-electron chi connectivity index (χ2n) is 9.35. The van der Waals surface area contributed by atoms with Crippen molar-refractivity contribution >= 4 is 17.5 Å². The normalized spacial score (nSPS) is 24.0. The number of rotatable bonds is 5. The van der Waals surface area contributed by atoms with E-state index in [0.29, 0.717) is 38.4 Å². The van der Waals surface area contributed by atoms with Crippen LogP contribution in [0.3, 0.4) is 0 Å². The number of piperidine rings is 1. The Hall–Kier alpha value is -2.76. The van der Waals surface area contributed by atoms with Crippen molar-refractivity contribution in [2.24, 2.45) is 23.7 Å². The molecule has 178 valence electrons. The summed E-state index contributed by atoms with van der Waals surface area (Å²) in [6, 6.07) is 5.37. The number of nitrogens with one attached hydrogen (secondary N) is 1. The lowest BCUT2D eigenvalue weighted by molar-refractivity contribution is -0.137. The van der Waals surface area contributed by atoms with Crippen LogP contribution in [0.4, 0.5) is 18.9 Å². The molecule has 1 saturated carbocycles. The first-order valence-corrected chi connectivity index (χ1v) is 11.7. The van der Waals surface area contributed by atoms with Crippen LogP contribution >= 0.6 is 0 Å². The molecule has 1 aromatic rings. The summed E-state index contributed by atoms with van der Waals surface area (Å²) in [7, 11) is 0. The Balaban J connectivity index is 1.52. The van der Waals surface area contributed by atoms with E-state index in [-0.39, 0.29) is 35.5 Å². The van der Waals surface area contributed by atoms with E-state index in [1.54, 1.807) is 6.07 Å². The number of nitriles is 1. The quantitative estimate of drug-likeness (QED) is 0.728. The lowest BCUT2D eigenvalue weighted by atomic mass is 9.78. The van der Waals surface area contributed by atoms with E-state index >= 15 is 0 Å². The first-order valence-electron chi connectivity index (χ1n) is 11.7. The zero-order chi connectivity index (χ0) is 23.8. The molecule has 3 aliphatic rings. The largest absolute Gasteiger partial charge is 0.417 e. The van der Waals surface area contributed by atoms with Gasteiger partial charge < -0.3 is 15.1 Å². The highest BCUT2D eigenvalue weighted by molar-refractivity contribution is 5.81. The maximum atomic E-state index is 13.5. The van der Waals surface area contributed by atoms with Gasteiger partial charge in [-0.15, -0.1) is 0 Å². The number of hydrogen-bond donors (Lipinski definition) is 1. The second kappa shape index (κ2) is 9.24. The van der Waals surface area contributed by atoms with Crippen LogP contribution in [0.1, 0.15) is 43.7 Å². The van der Waals surface area contributed by atoms with E-state index in [2.05, 4.69) is 5.32 Å². The first-order chi connectivity index (χ1) is 15.7. The van der Waals surface area contributed by atoms with Gasteiger partial charge in [0, 0.05) is 44.3 Å². The van der Waals surface area contributed by atoms with E-state index in [9.17, 15) is 22.8 Å². The molecule has 1 N–H and O–H groups in total. The Bertz CT molecular complexity index is 946. The van der Waals surface area contributed by atoms with Gasteiger partial charge in [0.25, 0.3) is 0 Å². The fourth-order valence-electron chi connectivity index (χ4n) is 5.30. The monoisotopic (exact) mass is 462 g/mol. The molecule has 2 atom stereocenters. The maximum absolute atomic E-state index is 13.5. The van der Waals surface area contributed by atoms with Crippen LogP contribution in [-0.2, 0) is 15.8 Å². The van der Waals surface area contributed by atoms with Crippen LogP contribution in [0.25, 0.3) is 0 Å². The standard InChI is InChI=1S/C24H29F3N4O2/c1-2-29-22(32)20-14-31(18-6-5-17(12-28)21(11-18)24(25,26)27)13-19(20)15-7-9-30(10-8-15)23(33)16-3-4-16/h5-6,11,15-16,19-20H,2-4,7-10,13-14H2,1H3,(H,29,32)/t19-,20+/m0/s1. The molecule has 2 saturated heterocycles. The van der Waals surface area contributed by atoms with Gasteiger partial charge in [-0.3, -0.25) is 9.59 Å². The number of anilines is 1. The van der Waals surface area contributed by atoms with Crippen LogP contribution < -0.4 is 10.2 Å². The van der Waals surface area contributed by atoms with Gasteiger partial charge in [-0.1, -0.05) is 0 Å². The summed E-state index contributed by atoms with van der Waals surface area (Å²) >= 11 is 0. The summed E-state index contributed by atoms with van der Waals surface area (Å²) < 4.78 is 40.4. The maximum Gasteiger partial charge on any atom is 0.417 e. The lowest BCUT2D eigenvalue weighted by Gasteiger charge is -2.36. The summed E-state index contributed by atoms with van der Waals surface area (Å²) in [5.74, 6) is 0.243. The van der Waals surface area contributed by atoms with Gasteiger partial charge in [0.15, 0.2) is 0 Å². The number of benzene rings is 1. The SMILES string of the molecule is CCNC(=O)[C@@H]1CN(c2ccc(C#N)c(C(F)(F)F)c2)C[C@H]1C1CCN(C(=O)C2CC2)CC1. The zero-order valence-corrected chi connectivity index (χ0v) is 18.7. The molecular formula is C24H29F3N4O2. The van der Waals surface area contributed by atoms with Crippen molar-refractivity contribution in [2.45, 2.75) is 38.8 Å². The number of carbonyl (C=O) groups excluding carboxylic acids is 2. The van der Waals surface area contributed by atoms with E-state index in [1.807, 2.05) is 16.7 Å². The predicted molar refractivity (Wildman–Crippen MR) is 116 cm³/mol. The Morgan fingerprint density at radius 3 is 2.42 bits per heavy atom. The zero-order valence-electron chi connectivity index (χ0n) is 18.7. The van der Waals surface area contributed by atoms with Crippen LogP contribution in [0.2, 0.25) is 0 Å². The van der Waals surface area contributed by atoms with Crippen molar-refractivity contribution in [1.29, 1.82) is 5.26 Å². The Morgan fingerprint density at radius 2 is 1.85 bits per heavy atom. The molecule has 6 nitrogen and oxygen atoms in total. The molecule has 2 heterocycles.